The lowest BCUT2D eigenvalue weighted by Crippen LogP contribution is -2.55. The zero-order chi connectivity index (χ0) is 12.5. The lowest BCUT2D eigenvalue weighted by Gasteiger charge is -2.47. The molecule has 1 fully saturated rings. The van der Waals surface area contributed by atoms with Crippen LogP contribution in [-0.4, -0.2) is 25.2 Å². The number of rotatable bonds is 2. The molecule has 94 valence electrons. The average Bonchev–Trinajstić information content (AvgIpc) is 2.30. The number of likely N-dealkylation sites (N-methyl/N-ethyl adjacent to an activating group) is 1. The highest BCUT2D eigenvalue weighted by atomic mass is 79.9. The standard InChI is InChI=1S/C14H21BrN2/c1-14(2)9-8-11(16-3)10-17(14)13-7-5-4-6-12(13)15/h4-7,11,16H,8-10H2,1-3H3. The second-order valence-electron chi connectivity index (χ2n) is 5.40. The first-order valence-corrected chi connectivity index (χ1v) is 7.03. The number of anilines is 1. The van der Waals surface area contributed by atoms with Crippen molar-refractivity contribution >= 4 is 21.6 Å². The molecular formula is C14H21BrN2. The molecule has 0 amide bonds. The zero-order valence-corrected chi connectivity index (χ0v) is 12.4. The van der Waals surface area contributed by atoms with Gasteiger partial charge in [0.1, 0.15) is 0 Å². The average molecular weight is 297 g/mol. The van der Waals surface area contributed by atoms with Crippen molar-refractivity contribution in [2.75, 3.05) is 18.5 Å². The van der Waals surface area contributed by atoms with Gasteiger partial charge in [-0.1, -0.05) is 12.1 Å². The van der Waals surface area contributed by atoms with Gasteiger partial charge in [0.05, 0.1) is 5.69 Å². The van der Waals surface area contributed by atoms with Crippen molar-refractivity contribution < 1.29 is 0 Å². The predicted molar refractivity (Wildman–Crippen MR) is 77.6 cm³/mol. The quantitative estimate of drug-likeness (QED) is 0.900. The van der Waals surface area contributed by atoms with E-state index in [4.69, 9.17) is 0 Å². The van der Waals surface area contributed by atoms with E-state index in [1.165, 1.54) is 23.0 Å². The second kappa shape index (κ2) is 4.99. The summed E-state index contributed by atoms with van der Waals surface area (Å²) < 4.78 is 1.19. The minimum absolute atomic E-state index is 0.233. The summed E-state index contributed by atoms with van der Waals surface area (Å²) in [7, 11) is 2.06. The monoisotopic (exact) mass is 296 g/mol. The number of nitrogens with one attached hydrogen (secondary N) is 1. The summed E-state index contributed by atoms with van der Waals surface area (Å²) in [4.78, 5) is 2.52. The molecule has 1 heterocycles. The Morgan fingerprint density at radius 3 is 2.71 bits per heavy atom. The molecule has 0 saturated carbocycles. The van der Waals surface area contributed by atoms with Gasteiger partial charge in [-0.15, -0.1) is 0 Å². The van der Waals surface area contributed by atoms with E-state index < -0.39 is 0 Å². The maximum atomic E-state index is 3.66. The van der Waals surface area contributed by atoms with Crippen molar-refractivity contribution in [3.8, 4) is 0 Å². The molecule has 0 spiro atoms. The number of piperidine rings is 1. The molecule has 3 heteroatoms. The van der Waals surface area contributed by atoms with Gasteiger partial charge in [0.15, 0.2) is 0 Å². The minimum atomic E-state index is 0.233. The van der Waals surface area contributed by atoms with Crippen LogP contribution in [0.4, 0.5) is 5.69 Å². The molecule has 1 aliphatic heterocycles. The van der Waals surface area contributed by atoms with Gasteiger partial charge in [0.25, 0.3) is 0 Å². The number of halogens is 1. The van der Waals surface area contributed by atoms with Crippen molar-refractivity contribution in [1.29, 1.82) is 0 Å². The molecule has 1 aromatic rings. The lowest BCUT2D eigenvalue weighted by molar-refractivity contribution is 0.313. The summed E-state index contributed by atoms with van der Waals surface area (Å²) in [6.07, 6.45) is 2.48. The van der Waals surface area contributed by atoms with Crippen LogP contribution in [0.25, 0.3) is 0 Å². The maximum Gasteiger partial charge on any atom is 0.0515 e. The fraction of sp³-hybridized carbons (Fsp3) is 0.571. The van der Waals surface area contributed by atoms with Crippen molar-refractivity contribution in [3.63, 3.8) is 0 Å². The predicted octanol–water partition coefficient (Wildman–Crippen LogP) is 3.42. The van der Waals surface area contributed by atoms with E-state index in [9.17, 15) is 0 Å². The van der Waals surface area contributed by atoms with Crippen molar-refractivity contribution in [1.82, 2.24) is 5.32 Å². The van der Waals surface area contributed by atoms with E-state index in [0.29, 0.717) is 6.04 Å². The third-order valence-corrected chi connectivity index (χ3v) is 4.46. The van der Waals surface area contributed by atoms with Crippen LogP contribution in [0.1, 0.15) is 26.7 Å². The Morgan fingerprint density at radius 2 is 2.06 bits per heavy atom. The molecule has 17 heavy (non-hydrogen) atoms. The summed E-state index contributed by atoms with van der Waals surface area (Å²) in [5.41, 5.74) is 1.54. The first kappa shape index (κ1) is 12.9. The van der Waals surface area contributed by atoms with E-state index in [1.54, 1.807) is 0 Å². The molecule has 1 N–H and O–H groups in total. The Labute approximate surface area is 113 Å². The Balaban J connectivity index is 2.30. The lowest BCUT2D eigenvalue weighted by atomic mass is 9.87. The van der Waals surface area contributed by atoms with Gasteiger partial charge in [0.2, 0.25) is 0 Å². The van der Waals surface area contributed by atoms with Crippen molar-refractivity contribution in [2.24, 2.45) is 0 Å². The van der Waals surface area contributed by atoms with Crippen LogP contribution in [0.2, 0.25) is 0 Å². The van der Waals surface area contributed by atoms with Gasteiger partial charge in [0, 0.05) is 22.6 Å². The van der Waals surface area contributed by atoms with Crippen LogP contribution < -0.4 is 10.2 Å². The van der Waals surface area contributed by atoms with Crippen LogP contribution in [0.3, 0.4) is 0 Å². The number of benzene rings is 1. The molecule has 1 unspecified atom stereocenters. The van der Waals surface area contributed by atoms with Gasteiger partial charge in [-0.2, -0.15) is 0 Å². The van der Waals surface area contributed by atoms with Crippen LogP contribution >= 0.6 is 15.9 Å². The summed E-state index contributed by atoms with van der Waals surface area (Å²) in [5, 5.41) is 3.40. The molecule has 2 nitrogen and oxygen atoms in total. The van der Waals surface area contributed by atoms with Crippen LogP contribution in [-0.2, 0) is 0 Å². The summed E-state index contributed by atoms with van der Waals surface area (Å²) in [6, 6.07) is 9.09. The Kier molecular flexibility index (Phi) is 3.79. The topological polar surface area (TPSA) is 15.3 Å². The van der Waals surface area contributed by atoms with Gasteiger partial charge >= 0.3 is 0 Å². The summed E-state index contributed by atoms with van der Waals surface area (Å²) >= 11 is 3.66. The number of nitrogens with zero attached hydrogens (tertiary/aromatic N) is 1. The van der Waals surface area contributed by atoms with Crippen molar-refractivity contribution in [3.05, 3.63) is 28.7 Å². The minimum Gasteiger partial charge on any atom is -0.364 e. The molecule has 2 rings (SSSR count). The summed E-state index contributed by atoms with van der Waals surface area (Å²) in [6.45, 7) is 5.74. The second-order valence-corrected chi connectivity index (χ2v) is 6.25. The van der Waals surface area contributed by atoms with E-state index >= 15 is 0 Å². The molecular weight excluding hydrogens is 276 g/mol. The van der Waals surface area contributed by atoms with Gasteiger partial charge in [-0.3, -0.25) is 0 Å². The van der Waals surface area contributed by atoms with Gasteiger partial charge in [-0.25, -0.2) is 0 Å². The van der Waals surface area contributed by atoms with E-state index in [0.717, 1.165) is 6.54 Å². The van der Waals surface area contributed by atoms with E-state index in [-0.39, 0.29) is 5.54 Å². The maximum absolute atomic E-state index is 3.66. The number of para-hydroxylation sites is 1. The van der Waals surface area contributed by atoms with Gasteiger partial charge < -0.3 is 10.2 Å². The normalized spacial score (nSPS) is 23.8. The third kappa shape index (κ3) is 2.66. The van der Waals surface area contributed by atoms with Gasteiger partial charge in [-0.05, 0) is 61.8 Å². The molecule has 1 saturated heterocycles. The highest BCUT2D eigenvalue weighted by molar-refractivity contribution is 9.10. The Bertz CT molecular complexity index is 390. The fourth-order valence-corrected chi connectivity index (χ4v) is 3.05. The highest BCUT2D eigenvalue weighted by Crippen LogP contribution is 2.36. The van der Waals surface area contributed by atoms with Crippen LogP contribution in [0.5, 0.6) is 0 Å². The first-order chi connectivity index (χ1) is 8.04. The molecule has 1 aromatic carbocycles. The van der Waals surface area contributed by atoms with Crippen LogP contribution in [0, 0.1) is 0 Å². The zero-order valence-electron chi connectivity index (χ0n) is 10.8. The Hall–Kier alpha value is -0.540. The smallest absolute Gasteiger partial charge is 0.0515 e. The fourth-order valence-electron chi connectivity index (χ4n) is 2.55. The molecule has 0 bridgehead atoms. The van der Waals surface area contributed by atoms with E-state index in [1.807, 2.05) is 0 Å². The SMILES string of the molecule is CNC1CCC(C)(C)N(c2ccccc2Br)C1. The van der Waals surface area contributed by atoms with Crippen molar-refractivity contribution in [2.45, 2.75) is 38.3 Å². The summed E-state index contributed by atoms with van der Waals surface area (Å²) in [5.74, 6) is 0. The number of hydrogen-bond acceptors (Lipinski definition) is 2. The van der Waals surface area contributed by atoms with E-state index in [2.05, 4.69) is 71.3 Å². The molecule has 0 radical (unpaired) electrons. The largest absolute Gasteiger partial charge is 0.364 e. The molecule has 0 aliphatic carbocycles. The third-order valence-electron chi connectivity index (χ3n) is 3.79. The highest BCUT2D eigenvalue weighted by Gasteiger charge is 2.34. The van der Waals surface area contributed by atoms with Crippen LogP contribution in [0.15, 0.2) is 28.7 Å². The molecule has 1 aliphatic rings. The first-order valence-electron chi connectivity index (χ1n) is 6.24. The number of hydrogen-bond donors (Lipinski definition) is 1. The Morgan fingerprint density at radius 1 is 1.35 bits per heavy atom. The molecule has 0 aromatic heterocycles. The molecule has 1 atom stereocenters.